The van der Waals surface area contributed by atoms with Crippen molar-refractivity contribution in [3.63, 3.8) is 0 Å². The summed E-state index contributed by atoms with van der Waals surface area (Å²) in [5.74, 6) is -0.220. The SMILES string of the molecule is CCOC(=O)C1(C(=O)O[C@H]2C[C@@H](C)C=C3C=C[C@H](C)[C@H](CC[C@@H]4C[C@@H](O[Si](C)(C)C(C)(C)C)CC(=O)O4)[C@H]32)CC1. The van der Waals surface area contributed by atoms with Crippen molar-refractivity contribution in [3.05, 3.63) is 23.8 Å². The van der Waals surface area contributed by atoms with Gasteiger partial charge in [-0.2, -0.15) is 0 Å². The molecule has 8 heteroatoms. The molecule has 0 bridgehead atoms. The molecule has 224 valence electrons. The predicted octanol–water partition coefficient (Wildman–Crippen LogP) is 6.52. The molecule has 40 heavy (non-hydrogen) atoms. The van der Waals surface area contributed by atoms with Gasteiger partial charge in [-0.3, -0.25) is 14.4 Å². The summed E-state index contributed by atoms with van der Waals surface area (Å²) in [5.41, 5.74) is 0.0853. The standard InChI is InChI=1S/C32H50O7Si/c1-9-36-29(34)32(14-15-32)30(35)38-26-17-20(2)16-22-11-10-21(3)25(28(22)26)13-12-23-18-24(19-27(33)37-23)39-40(7,8)31(4,5)6/h10-11,16,20-21,23-26,28H,9,12-15,17-19H2,1-8H3/t20-,21-,23+,24+,25-,26-,28-/m0/s1. The molecular formula is C32H50O7Si. The topological polar surface area (TPSA) is 88.1 Å². The fraction of sp³-hybridized carbons (Fsp3) is 0.781. The average molecular weight is 575 g/mol. The van der Waals surface area contributed by atoms with E-state index < -0.39 is 25.7 Å². The van der Waals surface area contributed by atoms with E-state index in [9.17, 15) is 14.4 Å². The van der Waals surface area contributed by atoms with E-state index >= 15 is 0 Å². The summed E-state index contributed by atoms with van der Waals surface area (Å²) in [5, 5.41) is 0.0767. The van der Waals surface area contributed by atoms with E-state index in [0.29, 0.717) is 19.3 Å². The normalized spacial score (nSPS) is 33.4. The number of rotatable bonds is 9. The number of esters is 3. The summed E-state index contributed by atoms with van der Waals surface area (Å²) >= 11 is 0. The fourth-order valence-corrected chi connectivity index (χ4v) is 7.81. The molecule has 1 saturated heterocycles. The van der Waals surface area contributed by atoms with Gasteiger partial charge in [-0.25, -0.2) is 0 Å². The summed E-state index contributed by atoms with van der Waals surface area (Å²) in [6.45, 7) is 17.5. The molecule has 4 aliphatic rings. The van der Waals surface area contributed by atoms with E-state index in [2.05, 4.69) is 65.9 Å². The highest BCUT2D eigenvalue weighted by atomic mass is 28.4. The highest BCUT2D eigenvalue weighted by Crippen LogP contribution is 2.51. The first-order valence-electron chi connectivity index (χ1n) is 15.3. The van der Waals surface area contributed by atoms with E-state index in [1.54, 1.807) is 6.92 Å². The Hall–Kier alpha value is -1.93. The van der Waals surface area contributed by atoms with Crippen LogP contribution in [0.1, 0.15) is 86.5 Å². The number of allylic oxidation sites excluding steroid dienone is 3. The molecular weight excluding hydrogens is 524 g/mol. The minimum atomic E-state index is -2.00. The molecule has 0 aromatic carbocycles. The Labute approximate surface area is 241 Å². The second-order valence-corrected chi connectivity index (χ2v) is 18.9. The van der Waals surface area contributed by atoms with Crippen molar-refractivity contribution in [2.45, 2.75) is 123 Å². The molecule has 0 spiro atoms. The molecule has 1 aliphatic heterocycles. The zero-order valence-corrected chi connectivity index (χ0v) is 26.8. The van der Waals surface area contributed by atoms with E-state index in [1.807, 2.05) is 0 Å². The number of hydrogen-bond acceptors (Lipinski definition) is 7. The fourth-order valence-electron chi connectivity index (χ4n) is 6.44. The maximum atomic E-state index is 13.3. The van der Waals surface area contributed by atoms with Crippen LogP contribution in [0, 0.1) is 29.1 Å². The van der Waals surface area contributed by atoms with Gasteiger partial charge in [0.25, 0.3) is 0 Å². The van der Waals surface area contributed by atoms with Gasteiger partial charge in [-0.15, -0.1) is 0 Å². The van der Waals surface area contributed by atoms with Crippen LogP contribution in [0.2, 0.25) is 18.1 Å². The number of ether oxygens (including phenoxy) is 3. The molecule has 0 aromatic rings. The summed E-state index contributed by atoms with van der Waals surface area (Å²) < 4.78 is 23.8. The van der Waals surface area contributed by atoms with Crippen LogP contribution in [0.15, 0.2) is 23.8 Å². The third kappa shape index (κ3) is 6.59. The first-order valence-corrected chi connectivity index (χ1v) is 18.2. The first kappa shape index (κ1) is 31.0. The summed E-state index contributed by atoms with van der Waals surface area (Å²) in [4.78, 5) is 38.4. The maximum Gasteiger partial charge on any atom is 0.323 e. The van der Waals surface area contributed by atoms with Crippen LogP contribution in [0.25, 0.3) is 0 Å². The van der Waals surface area contributed by atoms with Crippen molar-refractivity contribution in [2.75, 3.05) is 6.61 Å². The van der Waals surface area contributed by atoms with Gasteiger partial charge in [-0.05, 0) is 80.5 Å². The molecule has 1 heterocycles. The lowest BCUT2D eigenvalue weighted by Gasteiger charge is -2.44. The number of carbonyl (C=O) groups is 3. The molecule has 0 radical (unpaired) electrons. The van der Waals surface area contributed by atoms with E-state index in [1.165, 1.54) is 5.57 Å². The summed E-state index contributed by atoms with van der Waals surface area (Å²) in [6, 6.07) is 0. The Morgan fingerprint density at radius 1 is 1.10 bits per heavy atom. The summed E-state index contributed by atoms with van der Waals surface area (Å²) in [7, 11) is -2.00. The molecule has 7 atom stereocenters. The average Bonchev–Trinajstić information content (AvgIpc) is 3.65. The lowest BCUT2D eigenvalue weighted by Crippen LogP contribution is -2.47. The second-order valence-electron chi connectivity index (χ2n) is 14.2. The molecule has 0 aromatic heterocycles. The Balaban J connectivity index is 1.46. The lowest BCUT2D eigenvalue weighted by atomic mass is 9.65. The molecule has 3 aliphatic carbocycles. The molecule has 4 rings (SSSR count). The first-order chi connectivity index (χ1) is 18.7. The van der Waals surface area contributed by atoms with Crippen molar-refractivity contribution >= 4 is 26.2 Å². The molecule has 2 fully saturated rings. The number of hydrogen-bond donors (Lipinski definition) is 0. The molecule has 0 unspecified atom stereocenters. The largest absolute Gasteiger partial charge is 0.465 e. The lowest BCUT2D eigenvalue weighted by molar-refractivity contribution is -0.171. The quantitative estimate of drug-likeness (QED) is 0.134. The van der Waals surface area contributed by atoms with Gasteiger partial charge >= 0.3 is 17.9 Å². The molecule has 1 saturated carbocycles. The van der Waals surface area contributed by atoms with Gasteiger partial charge in [0.05, 0.1) is 19.1 Å². The predicted molar refractivity (Wildman–Crippen MR) is 156 cm³/mol. The van der Waals surface area contributed by atoms with Crippen LogP contribution in [-0.2, 0) is 33.0 Å². The van der Waals surface area contributed by atoms with Gasteiger partial charge < -0.3 is 18.6 Å². The third-order valence-electron chi connectivity index (χ3n) is 9.97. The van der Waals surface area contributed by atoms with Gasteiger partial charge in [0, 0.05) is 12.3 Å². The van der Waals surface area contributed by atoms with E-state index in [0.717, 1.165) is 25.7 Å². The summed E-state index contributed by atoms with van der Waals surface area (Å²) in [6.07, 6.45) is 10.5. The van der Waals surface area contributed by atoms with Crippen LogP contribution in [0.3, 0.4) is 0 Å². The number of carbonyl (C=O) groups excluding carboxylic acids is 3. The van der Waals surface area contributed by atoms with Gasteiger partial charge in [0.2, 0.25) is 0 Å². The molecule has 7 nitrogen and oxygen atoms in total. The minimum Gasteiger partial charge on any atom is -0.465 e. The van der Waals surface area contributed by atoms with Crippen LogP contribution >= 0.6 is 0 Å². The van der Waals surface area contributed by atoms with Crippen molar-refractivity contribution in [1.29, 1.82) is 0 Å². The number of cyclic esters (lactones) is 1. The smallest absolute Gasteiger partial charge is 0.323 e. The highest BCUT2D eigenvalue weighted by molar-refractivity contribution is 6.74. The third-order valence-corrected chi connectivity index (χ3v) is 14.5. The van der Waals surface area contributed by atoms with Crippen LogP contribution in [-0.4, -0.2) is 51.1 Å². The molecule has 0 amide bonds. The zero-order valence-electron chi connectivity index (χ0n) is 25.8. The minimum absolute atomic E-state index is 0.0525. The van der Waals surface area contributed by atoms with Crippen molar-refractivity contribution < 1.29 is 33.0 Å². The van der Waals surface area contributed by atoms with Crippen molar-refractivity contribution in [2.24, 2.45) is 29.1 Å². The second kappa shape index (κ2) is 11.7. The zero-order chi connectivity index (χ0) is 29.5. The van der Waals surface area contributed by atoms with E-state index in [4.69, 9.17) is 18.6 Å². The highest BCUT2D eigenvalue weighted by Gasteiger charge is 2.60. The Morgan fingerprint density at radius 3 is 2.42 bits per heavy atom. The molecule has 0 N–H and O–H groups in total. The maximum absolute atomic E-state index is 13.3. The van der Waals surface area contributed by atoms with Crippen LogP contribution in [0.4, 0.5) is 0 Å². The number of fused-ring (bicyclic) bond motifs is 1. The van der Waals surface area contributed by atoms with Crippen molar-refractivity contribution in [3.8, 4) is 0 Å². The van der Waals surface area contributed by atoms with Gasteiger partial charge in [0.15, 0.2) is 13.7 Å². The van der Waals surface area contributed by atoms with Gasteiger partial charge in [-0.1, -0.05) is 52.8 Å². The Morgan fingerprint density at radius 2 is 1.80 bits per heavy atom. The van der Waals surface area contributed by atoms with Crippen molar-refractivity contribution in [1.82, 2.24) is 0 Å². The van der Waals surface area contributed by atoms with Crippen LogP contribution < -0.4 is 0 Å². The monoisotopic (exact) mass is 574 g/mol. The van der Waals surface area contributed by atoms with Gasteiger partial charge in [0.1, 0.15) is 12.2 Å². The van der Waals surface area contributed by atoms with E-state index in [-0.39, 0.29) is 59.6 Å². The van der Waals surface area contributed by atoms with Crippen LogP contribution in [0.5, 0.6) is 0 Å². The Bertz CT molecular complexity index is 1030. The Kier molecular flexibility index (Phi) is 9.11.